The number of nitrogens with two attached hydrogens (primary N) is 2. The van der Waals surface area contributed by atoms with Crippen molar-refractivity contribution in [2.45, 2.75) is 0 Å². The molecule has 114 valence electrons. The molecule has 0 fully saturated rings. The monoisotopic (exact) mass is 300 g/mol. The lowest BCUT2D eigenvalue weighted by Gasteiger charge is -2.10. The average Bonchev–Trinajstić information content (AvgIpc) is 2.50. The van der Waals surface area contributed by atoms with Crippen molar-refractivity contribution in [3.05, 3.63) is 48.6 Å². The smallest absolute Gasteiger partial charge is 0.339 e. The molecule has 0 saturated carbocycles. The van der Waals surface area contributed by atoms with E-state index in [1.165, 1.54) is 6.07 Å². The first-order valence-corrected chi connectivity index (χ1v) is 6.57. The maximum absolute atomic E-state index is 12.2. The van der Waals surface area contributed by atoms with Gasteiger partial charge in [-0.05, 0) is 23.6 Å². The molecule has 0 heterocycles. The van der Waals surface area contributed by atoms with Crippen molar-refractivity contribution in [3.8, 4) is 0 Å². The molecule has 0 aliphatic heterocycles. The summed E-state index contributed by atoms with van der Waals surface area (Å²) in [5, 5.41) is 1.34. The minimum absolute atomic E-state index is 0.0493. The predicted molar refractivity (Wildman–Crippen MR) is 84.2 cm³/mol. The third-order valence-corrected chi connectivity index (χ3v) is 2.98. The van der Waals surface area contributed by atoms with Gasteiger partial charge in [-0.15, -0.1) is 0 Å². The number of carbonyl (C=O) groups excluding carboxylic acids is 2. The first kappa shape index (κ1) is 15.4. The van der Waals surface area contributed by atoms with Crippen LogP contribution in [0.1, 0.15) is 10.4 Å². The molecule has 2 rings (SSSR count). The maximum Gasteiger partial charge on any atom is 0.339 e. The lowest BCUT2D eigenvalue weighted by molar-refractivity contribution is -0.138. The SMILES string of the molecule is C=CC(=O)OCCOC(=O)c1cc(N)cc2cccc(N)c12. The number of hydrogen-bond donors (Lipinski definition) is 2. The highest BCUT2D eigenvalue weighted by atomic mass is 16.6. The van der Waals surface area contributed by atoms with Gasteiger partial charge in [0, 0.05) is 22.8 Å². The van der Waals surface area contributed by atoms with Crippen LogP contribution in [0, 0.1) is 0 Å². The van der Waals surface area contributed by atoms with E-state index in [1.807, 2.05) is 6.07 Å². The van der Waals surface area contributed by atoms with Crippen molar-refractivity contribution in [3.63, 3.8) is 0 Å². The Hall–Kier alpha value is -3.02. The Morgan fingerprint density at radius 1 is 1.14 bits per heavy atom. The largest absolute Gasteiger partial charge is 0.459 e. The van der Waals surface area contributed by atoms with E-state index >= 15 is 0 Å². The predicted octanol–water partition coefficient (Wildman–Crippen LogP) is 1.89. The van der Waals surface area contributed by atoms with Gasteiger partial charge < -0.3 is 20.9 Å². The van der Waals surface area contributed by atoms with Crippen LogP contribution < -0.4 is 11.5 Å². The summed E-state index contributed by atoms with van der Waals surface area (Å²) in [6, 6.07) is 8.53. The Morgan fingerprint density at radius 3 is 2.59 bits per heavy atom. The topological polar surface area (TPSA) is 105 Å². The maximum atomic E-state index is 12.2. The molecular formula is C16H16N2O4. The van der Waals surface area contributed by atoms with Crippen molar-refractivity contribution >= 4 is 34.1 Å². The van der Waals surface area contributed by atoms with E-state index in [1.54, 1.807) is 18.2 Å². The highest BCUT2D eigenvalue weighted by Gasteiger charge is 2.15. The molecule has 0 unspecified atom stereocenters. The van der Waals surface area contributed by atoms with E-state index < -0.39 is 11.9 Å². The Balaban J connectivity index is 2.17. The zero-order valence-corrected chi connectivity index (χ0v) is 11.9. The van der Waals surface area contributed by atoms with Gasteiger partial charge in [0.15, 0.2) is 0 Å². The Labute approximate surface area is 127 Å². The second-order valence-corrected chi connectivity index (χ2v) is 4.52. The average molecular weight is 300 g/mol. The molecule has 6 nitrogen and oxygen atoms in total. The first-order chi connectivity index (χ1) is 10.5. The molecule has 2 aromatic rings. The summed E-state index contributed by atoms with van der Waals surface area (Å²) in [5.41, 5.74) is 12.9. The van der Waals surface area contributed by atoms with Crippen LogP contribution in [-0.2, 0) is 14.3 Å². The molecule has 0 bridgehead atoms. The Bertz CT molecular complexity index is 740. The third kappa shape index (κ3) is 3.35. The van der Waals surface area contributed by atoms with Crippen LogP contribution in [0.2, 0.25) is 0 Å². The number of fused-ring (bicyclic) bond motifs is 1. The standard InChI is InChI=1S/C16H16N2O4/c1-2-14(19)21-6-7-22-16(20)12-9-11(17)8-10-4-3-5-13(18)15(10)12/h2-5,8-9H,1,6-7,17-18H2. The minimum Gasteiger partial charge on any atom is -0.459 e. The zero-order valence-electron chi connectivity index (χ0n) is 11.9. The molecule has 0 aliphatic carbocycles. The van der Waals surface area contributed by atoms with Gasteiger partial charge in [-0.3, -0.25) is 0 Å². The van der Waals surface area contributed by atoms with Gasteiger partial charge >= 0.3 is 11.9 Å². The number of hydrogen-bond acceptors (Lipinski definition) is 6. The number of esters is 2. The van der Waals surface area contributed by atoms with Crippen LogP contribution in [0.25, 0.3) is 10.8 Å². The molecule has 0 aromatic heterocycles. The normalized spacial score (nSPS) is 10.2. The molecule has 0 aliphatic rings. The summed E-state index contributed by atoms with van der Waals surface area (Å²) < 4.78 is 9.81. The van der Waals surface area contributed by atoms with Gasteiger partial charge in [-0.25, -0.2) is 9.59 Å². The van der Waals surface area contributed by atoms with Gasteiger partial charge in [-0.1, -0.05) is 18.7 Å². The van der Waals surface area contributed by atoms with Gasteiger partial charge in [0.2, 0.25) is 0 Å². The van der Waals surface area contributed by atoms with Gasteiger partial charge in [0.1, 0.15) is 13.2 Å². The van der Waals surface area contributed by atoms with Gasteiger partial charge in [0.05, 0.1) is 5.56 Å². The van der Waals surface area contributed by atoms with Crippen LogP contribution in [0.3, 0.4) is 0 Å². The fraction of sp³-hybridized carbons (Fsp3) is 0.125. The van der Waals surface area contributed by atoms with E-state index in [-0.39, 0.29) is 18.8 Å². The molecule has 0 amide bonds. The lowest BCUT2D eigenvalue weighted by Crippen LogP contribution is -2.13. The number of benzene rings is 2. The fourth-order valence-corrected chi connectivity index (χ4v) is 2.05. The van der Waals surface area contributed by atoms with Crippen molar-refractivity contribution in [2.75, 3.05) is 24.7 Å². The molecule has 0 atom stereocenters. The number of carbonyl (C=O) groups is 2. The molecule has 22 heavy (non-hydrogen) atoms. The van der Waals surface area contributed by atoms with Crippen LogP contribution in [0.15, 0.2) is 43.0 Å². The van der Waals surface area contributed by atoms with E-state index in [0.29, 0.717) is 16.8 Å². The number of anilines is 2. The van der Waals surface area contributed by atoms with Crippen molar-refractivity contribution < 1.29 is 19.1 Å². The summed E-state index contributed by atoms with van der Waals surface area (Å²) in [5.74, 6) is -1.15. The summed E-state index contributed by atoms with van der Waals surface area (Å²) in [7, 11) is 0. The van der Waals surface area contributed by atoms with Gasteiger partial charge in [-0.2, -0.15) is 0 Å². The highest BCUT2D eigenvalue weighted by Crippen LogP contribution is 2.28. The third-order valence-electron chi connectivity index (χ3n) is 2.98. The van der Waals surface area contributed by atoms with E-state index in [4.69, 9.17) is 20.9 Å². The van der Waals surface area contributed by atoms with E-state index in [2.05, 4.69) is 6.58 Å². The minimum atomic E-state index is -0.579. The number of nitrogen functional groups attached to an aromatic ring is 2. The van der Waals surface area contributed by atoms with E-state index in [0.717, 1.165) is 11.5 Å². The summed E-state index contributed by atoms with van der Waals surface area (Å²) >= 11 is 0. The lowest BCUT2D eigenvalue weighted by atomic mass is 10.0. The molecule has 6 heteroatoms. The Kier molecular flexibility index (Phi) is 4.63. The quantitative estimate of drug-likeness (QED) is 0.378. The molecule has 4 N–H and O–H groups in total. The van der Waals surface area contributed by atoms with Crippen molar-refractivity contribution in [1.82, 2.24) is 0 Å². The van der Waals surface area contributed by atoms with Gasteiger partial charge in [0.25, 0.3) is 0 Å². The first-order valence-electron chi connectivity index (χ1n) is 6.57. The molecule has 2 aromatic carbocycles. The second-order valence-electron chi connectivity index (χ2n) is 4.52. The summed E-state index contributed by atoms with van der Waals surface area (Å²) in [4.78, 5) is 23.1. The number of ether oxygens (including phenoxy) is 2. The molecule has 0 spiro atoms. The fourth-order valence-electron chi connectivity index (χ4n) is 2.05. The summed E-state index contributed by atoms with van der Waals surface area (Å²) in [6.07, 6.45) is 1.04. The van der Waals surface area contributed by atoms with Crippen molar-refractivity contribution in [1.29, 1.82) is 0 Å². The zero-order chi connectivity index (χ0) is 16.1. The second kappa shape index (κ2) is 6.62. The Morgan fingerprint density at radius 2 is 1.86 bits per heavy atom. The molecular weight excluding hydrogens is 284 g/mol. The summed E-state index contributed by atoms with van der Waals surface area (Å²) in [6.45, 7) is 3.15. The molecule has 0 radical (unpaired) electrons. The van der Waals surface area contributed by atoms with Crippen LogP contribution in [0.4, 0.5) is 11.4 Å². The van der Waals surface area contributed by atoms with Crippen LogP contribution in [0.5, 0.6) is 0 Å². The van der Waals surface area contributed by atoms with Crippen LogP contribution >= 0.6 is 0 Å². The number of rotatable bonds is 5. The molecule has 0 saturated heterocycles. The van der Waals surface area contributed by atoms with Crippen LogP contribution in [-0.4, -0.2) is 25.2 Å². The highest BCUT2D eigenvalue weighted by molar-refractivity contribution is 6.10. The van der Waals surface area contributed by atoms with Crippen molar-refractivity contribution in [2.24, 2.45) is 0 Å². The van der Waals surface area contributed by atoms with E-state index in [9.17, 15) is 9.59 Å².